The summed E-state index contributed by atoms with van der Waals surface area (Å²) >= 11 is 3.30. The minimum atomic E-state index is -0.451. The van der Waals surface area contributed by atoms with Gasteiger partial charge in [0, 0.05) is 22.3 Å². The maximum atomic E-state index is 11.1. The highest BCUT2D eigenvalue weighted by Crippen LogP contribution is 2.32. The first kappa shape index (κ1) is 15.2. The molecule has 0 saturated carbocycles. The van der Waals surface area contributed by atoms with E-state index in [1.54, 1.807) is 26.0 Å². The Morgan fingerprint density at radius 1 is 1.29 bits per heavy atom. The largest absolute Gasteiger partial charge is 0.507 e. The van der Waals surface area contributed by atoms with E-state index in [4.69, 9.17) is 0 Å². The van der Waals surface area contributed by atoms with Crippen molar-refractivity contribution >= 4 is 33.5 Å². The molecule has 0 unspecified atom stereocenters. The van der Waals surface area contributed by atoms with E-state index in [-0.39, 0.29) is 11.4 Å². The molecule has 5 nitrogen and oxygen atoms in total. The van der Waals surface area contributed by atoms with Crippen molar-refractivity contribution in [1.82, 2.24) is 0 Å². The zero-order valence-corrected chi connectivity index (χ0v) is 13.1. The van der Waals surface area contributed by atoms with E-state index in [0.29, 0.717) is 16.8 Å². The van der Waals surface area contributed by atoms with Gasteiger partial charge >= 0.3 is 0 Å². The van der Waals surface area contributed by atoms with Gasteiger partial charge < -0.3 is 5.11 Å². The average molecular weight is 349 g/mol. The minimum absolute atomic E-state index is 0.0433. The Morgan fingerprint density at radius 2 is 2.00 bits per heavy atom. The summed E-state index contributed by atoms with van der Waals surface area (Å²) in [5.41, 5.74) is 2.26. The molecule has 0 heterocycles. The van der Waals surface area contributed by atoms with Crippen molar-refractivity contribution in [2.45, 2.75) is 13.8 Å². The highest BCUT2D eigenvalue weighted by Gasteiger charge is 2.16. The summed E-state index contributed by atoms with van der Waals surface area (Å²) in [6.45, 7) is 3.57. The molecule has 0 aromatic heterocycles. The average Bonchev–Trinajstić information content (AvgIpc) is 2.40. The van der Waals surface area contributed by atoms with Crippen molar-refractivity contribution < 1.29 is 10.0 Å². The predicted octanol–water partition coefficient (Wildman–Crippen LogP) is 4.43. The van der Waals surface area contributed by atoms with Crippen molar-refractivity contribution in [1.29, 1.82) is 0 Å². The van der Waals surface area contributed by atoms with Crippen molar-refractivity contribution in [2.75, 3.05) is 0 Å². The van der Waals surface area contributed by atoms with Gasteiger partial charge in [-0.15, -0.1) is 0 Å². The third kappa shape index (κ3) is 3.46. The van der Waals surface area contributed by atoms with Gasteiger partial charge in [-0.1, -0.05) is 22.0 Å². The fraction of sp³-hybridized carbons (Fsp3) is 0.133. The SMILES string of the molecule is Cc1cc(C)c(N=Cc2cc(Br)ccc2O)c([N+](=O)[O-])c1. The maximum Gasteiger partial charge on any atom is 0.295 e. The van der Waals surface area contributed by atoms with Crippen molar-refractivity contribution in [3.8, 4) is 5.75 Å². The van der Waals surface area contributed by atoms with Gasteiger partial charge in [0.2, 0.25) is 0 Å². The summed E-state index contributed by atoms with van der Waals surface area (Å²) in [6.07, 6.45) is 1.42. The molecule has 0 atom stereocenters. The lowest BCUT2D eigenvalue weighted by atomic mass is 10.1. The van der Waals surface area contributed by atoms with Gasteiger partial charge in [0.25, 0.3) is 5.69 Å². The third-order valence-electron chi connectivity index (χ3n) is 2.94. The second-order valence-electron chi connectivity index (χ2n) is 4.67. The first-order chi connectivity index (χ1) is 9.88. The molecule has 0 bridgehead atoms. The van der Waals surface area contributed by atoms with Crippen LogP contribution in [0.1, 0.15) is 16.7 Å². The Kier molecular flexibility index (Phi) is 4.37. The van der Waals surface area contributed by atoms with Gasteiger partial charge in [0.05, 0.1) is 4.92 Å². The highest BCUT2D eigenvalue weighted by atomic mass is 79.9. The molecule has 0 spiro atoms. The van der Waals surface area contributed by atoms with Crippen molar-refractivity contribution in [3.05, 3.63) is 61.6 Å². The lowest BCUT2D eigenvalue weighted by Gasteiger charge is -2.04. The molecule has 2 rings (SSSR count). The van der Waals surface area contributed by atoms with Gasteiger partial charge in [-0.2, -0.15) is 0 Å². The number of benzene rings is 2. The van der Waals surface area contributed by atoms with E-state index in [2.05, 4.69) is 20.9 Å². The molecule has 0 fully saturated rings. The number of phenolic OH excluding ortho intramolecular Hbond substituents is 1. The molecule has 0 aliphatic rings. The maximum absolute atomic E-state index is 11.1. The Hall–Kier alpha value is -2.21. The van der Waals surface area contributed by atoms with Crippen LogP contribution in [0.4, 0.5) is 11.4 Å². The number of halogens is 1. The predicted molar refractivity (Wildman–Crippen MR) is 85.6 cm³/mol. The number of phenols is 1. The van der Waals surface area contributed by atoms with Gasteiger partial charge in [0.15, 0.2) is 0 Å². The van der Waals surface area contributed by atoms with E-state index in [1.165, 1.54) is 18.3 Å². The molecule has 0 aliphatic carbocycles. The summed E-state index contributed by atoms with van der Waals surface area (Å²) in [4.78, 5) is 14.9. The molecule has 6 heteroatoms. The smallest absolute Gasteiger partial charge is 0.295 e. The van der Waals surface area contributed by atoms with Crippen LogP contribution in [0.2, 0.25) is 0 Å². The first-order valence-electron chi connectivity index (χ1n) is 6.16. The van der Waals surface area contributed by atoms with Crippen LogP contribution in [0.15, 0.2) is 39.8 Å². The number of hydrogen-bond donors (Lipinski definition) is 1. The molecule has 2 aromatic carbocycles. The fourth-order valence-electron chi connectivity index (χ4n) is 2.01. The van der Waals surface area contributed by atoms with Gasteiger partial charge in [-0.05, 0) is 43.2 Å². The quantitative estimate of drug-likeness (QED) is 0.506. The summed E-state index contributed by atoms with van der Waals surface area (Å²) in [5.74, 6) is 0.0642. The van der Waals surface area contributed by atoms with Crippen LogP contribution in [-0.4, -0.2) is 16.2 Å². The second-order valence-corrected chi connectivity index (χ2v) is 5.58. The van der Waals surface area contributed by atoms with E-state index in [0.717, 1.165) is 10.0 Å². The Bertz CT molecular complexity index is 742. The summed E-state index contributed by atoms with van der Waals surface area (Å²) in [7, 11) is 0. The zero-order chi connectivity index (χ0) is 15.6. The van der Waals surface area contributed by atoms with Crippen LogP contribution in [0.5, 0.6) is 5.75 Å². The monoisotopic (exact) mass is 348 g/mol. The third-order valence-corrected chi connectivity index (χ3v) is 3.44. The van der Waals surface area contributed by atoms with Crippen LogP contribution in [0.25, 0.3) is 0 Å². The number of aryl methyl sites for hydroxylation is 2. The van der Waals surface area contributed by atoms with Gasteiger partial charge in [0.1, 0.15) is 11.4 Å². The minimum Gasteiger partial charge on any atom is -0.507 e. The number of aliphatic imine (C=N–C) groups is 1. The van der Waals surface area contributed by atoms with Crippen molar-refractivity contribution in [2.24, 2.45) is 4.99 Å². The molecule has 0 radical (unpaired) electrons. The standard InChI is InChI=1S/C15H13BrN2O3/c1-9-5-10(2)15(13(6-9)18(20)21)17-8-11-7-12(16)3-4-14(11)19/h3-8,19H,1-2H3. The molecular formula is C15H13BrN2O3. The van der Waals surface area contributed by atoms with Gasteiger partial charge in [-0.3, -0.25) is 10.1 Å². The first-order valence-corrected chi connectivity index (χ1v) is 6.96. The zero-order valence-electron chi connectivity index (χ0n) is 11.5. The van der Waals surface area contributed by atoms with E-state index in [9.17, 15) is 15.2 Å². The number of aromatic hydroxyl groups is 1. The summed E-state index contributed by atoms with van der Waals surface area (Å²) in [6, 6.07) is 8.24. The molecule has 0 aliphatic heterocycles. The number of nitrogens with zero attached hydrogens (tertiary/aromatic N) is 2. The van der Waals surface area contributed by atoms with Crippen LogP contribution in [0, 0.1) is 24.0 Å². The van der Waals surface area contributed by atoms with Crippen LogP contribution in [-0.2, 0) is 0 Å². The lowest BCUT2D eigenvalue weighted by molar-refractivity contribution is -0.384. The van der Waals surface area contributed by atoms with E-state index in [1.807, 2.05) is 6.07 Å². The summed E-state index contributed by atoms with van der Waals surface area (Å²) in [5, 5.41) is 20.9. The lowest BCUT2D eigenvalue weighted by Crippen LogP contribution is -1.92. The number of rotatable bonds is 3. The second kappa shape index (κ2) is 6.05. The van der Waals surface area contributed by atoms with E-state index < -0.39 is 4.92 Å². The molecule has 1 N–H and O–H groups in total. The topological polar surface area (TPSA) is 75.7 Å². The van der Waals surface area contributed by atoms with Crippen LogP contribution < -0.4 is 0 Å². The number of nitro benzene ring substituents is 1. The van der Waals surface area contributed by atoms with Crippen LogP contribution >= 0.6 is 15.9 Å². The highest BCUT2D eigenvalue weighted by molar-refractivity contribution is 9.10. The Morgan fingerprint density at radius 3 is 2.67 bits per heavy atom. The Labute approximate surface area is 130 Å². The number of hydrogen-bond acceptors (Lipinski definition) is 4. The molecule has 0 saturated heterocycles. The molecular weight excluding hydrogens is 336 g/mol. The molecule has 2 aromatic rings. The summed E-state index contributed by atoms with van der Waals surface area (Å²) < 4.78 is 0.789. The Balaban J connectivity index is 2.50. The van der Waals surface area contributed by atoms with E-state index >= 15 is 0 Å². The molecule has 0 amide bonds. The van der Waals surface area contributed by atoms with Gasteiger partial charge in [-0.25, -0.2) is 4.99 Å². The van der Waals surface area contributed by atoms with Crippen LogP contribution in [0.3, 0.4) is 0 Å². The molecule has 21 heavy (non-hydrogen) atoms. The fourth-order valence-corrected chi connectivity index (χ4v) is 2.39. The number of nitro groups is 1. The normalized spacial score (nSPS) is 11.0. The van der Waals surface area contributed by atoms with Crippen molar-refractivity contribution in [3.63, 3.8) is 0 Å². The molecule has 108 valence electrons.